The second-order valence-electron chi connectivity index (χ2n) is 17.3. The Hall–Kier alpha value is -2.97. The molecule has 0 spiro atoms. The molecule has 60 heavy (non-hydrogen) atoms. The smallest absolute Gasteiger partial charge is 0.306 e. The molecule has 0 rings (SSSR count). The molecule has 0 saturated heterocycles. The maximum Gasteiger partial charge on any atom is 0.306 e. The SMILES string of the molecule is CC/C=C/C/C=C/C/C=C/CCCCCCCCCCCCCC(=O)OCC(COCCC(C(=O)[O-])[N+](C)(C)C)OC(=O)CCCCCCCC/C=C/C=C/CCCCC. The summed E-state index contributed by atoms with van der Waals surface area (Å²) in [7, 11) is 5.40. The van der Waals surface area contributed by atoms with Crippen LogP contribution in [0.2, 0.25) is 0 Å². The van der Waals surface area contributed by atoms with E-state index in [-0.39, 0.29) is 42.7 Å². The van der Waals surface area contributed by atoms with Crippen LogP contribution in [0.4, 0.5) is 0 Å². The van der Waals surface area contributed by atoms with E-state index in [4.69, 9.17) is 14.2 Å². The summed E-state index contributed by atoms with van der Waals surface area (Å²) in [6.07, 6.45) is 52.4. The largest absolute Gasteiger partial charge is 0.544 e. The molecule has 8 nitrogen and oxygen atoms in total. The fourth-order valence-electron chi connectivity index (χ4n) is 6.90. The van der Waals surface area contributed by atoms with Gasteiger partial charge in [-0.05, 0) is 70.6 Å². The van der Waals surface area contributed by atoms with Crippen molar-refractivity contribution in [2.75, 3.05) is 41.0 Å². The van der Waals surface area contributed by atoms with Gasteiger partial charge in [0, 0.05) is 19.3 Å². The number of quaternary nitrogens is 1. The first kappa shape index (κ1) is 57.0. The highest BCUT2D eigenvalue weighted by molar-refractivity contribution is 5.70. The van der Waals surface area contributed by atoms with Crippen LogP contribution in [0.25, 0.3) is 0 Å². The van der Waals surface area contributed by atoms with Gasteiger partial charge in [-0.3, -0.25) is 9.59 Å². The zero-order valence-electron chi connectivity index (χ0n) is 39.4. The summed E-state index contributed by atoms with van der Waals surface area (Å²) < 4.78 is 17.2. The fourth-order valence-corrected chi connectivity index (χ4v) is 6.90. The highest BCUT2D eigenvalue weighted by Gasteiger charge is 2.25. The van der Waals surface area contributed by atoms with E-state index in [2.05, 4.69) is 74.6 Å². The number of ether oxygens (including phenoxy) is 3. The topological polar surface area (TPSA) is 102 Å². The molecule has 346 valence electrons. The monoisotopic (exact) mass is 842 g/mol. The molecular formula is C52H91NO7. The fraction of sp³-hybridized carbons (Fsp3) is 0.750. The lowest BCUT2D eigenvalue weighted by atomic mass is 10.0. The van der Waals surface area contributed by atoms with Crippen molar-refractivity contribution in [3.05, 3.63) is 60.8 Å². The molecule has 0 saturated carbocycles. The molecule has 0 N–H and O–H groups in total. The lowest BCUT2D eigenvalue weighted by Crippen LogP contribution is -2.55. The van der Waals surface area contributed by atoms with Crippen molar-refractivity contribution in [3.63, 3.8) is 0 Å². The third-order valence-corrected chi connectivity index (χ3v) is 10.7. The van der Waals surface area contributed by atoms with Gasteiger partial charge in [-0.25, -0.2) is 0 Å². The minimum atomic E-state index is -1.13. The van der Waals surface area contributed by atoms with Gasteiger partial charge in [-0.1, -0.05) is 171 Å². The first-order valence-electron chi connectivity index (χ1n) is 24.3. The van der Waals surface area contributed by atoms with Crippen LogP contribution in [0, 0.1) is 0 Å². The quantitative estimate of drug-likeness (QED) is 0.0198. The van der Waals surface area contributed by atoms with Crippen molar-refractivity contribution in [2.24, 2.45) is 0 Å². The average molecular weight is 842 g/mol. The van der Waals surface area contributed by atoms with Crippen LogP contribution < -0.4 is 5.11 Å². The van der Waals surface area contributed by atoms with E-state index >= 15 is 0 Å². The van der Waals surface area contributed by atoms with E-state index in [9.17, 15) is 19.5 Å². The number of hydrogen-bond acceptors (Lipinski definition) is 7. The van der Waals surface area contributed by atoms with Crippen molar-refractivity contribution < 1.29 is 38.2 Å². The maximum atomic E-state index is 12.7. The number of esters is 2. The molecule has 0 aliphatic heterocycles. The third kappa shape index (κ3) is 40.4. The molecule has 0 aliphatic rings. The zero-order chi connectivity index (χ0) is 44.2. The number of carbonyl (C=O) groups excluding carboxylic acids is 3. The molecule has 0 radical (unpaired) electrons. The molecule has 0 fully saturated rings. The molecule has 0 amide bonds. The summed E-state index contributed by atoms with van der Waals surface area (Å²) in [6.45, 7) is 4.51. The first-order chi connectivity index (χ1) is 29.1. The van der Waals surface area contributed by atoms with Gasteiger partial charge in [0.25, 0.3) is 0 Å². The summed E-state index contributed by atoms with van der Waals surface area (Å²) in [6, 6.07) is -0.730. The highest BCUT2D eigenvalue weighted by atomic mass is 16.6. The number of nitrogens with zero attached hydrogens (tertiary/aromatic N) is 1. The van der Waals surface area contributed by atoms with Gasteiger partial charge in [0.2, 0.25) is 0 Å². The number of carbonyl (C=O) groups is 3. The molecule has 2 atom stereocenters. The first-order valence-corrected chi connectivity index (χ1v) is 24.3. The van der Waals surface area contributed by atoms with Crippen LogP contribution in [0.15, 0.2) is 60.8 Å². The van der Waals surface area contributed by atoms with Crippen molar-refractivity contribution in [1.29, 1.82) is 0 Å². The maximum absolute atomic E-state index is 12.7. The Labute approximate surface area is 368 Å². The third-order valence-electron chi connectivity index (χ3n) is 10.7. The predicted molar refractivity (Wildman–Crippen MR) is 249 cm³/mol. The molecule has 0 aromatic carbocycles. The Morgan fingerprint density at radius 1 is 0.533 bits per heavy atom. The van der Waals surface area contributed by atoms with Gasteiger partial charge in [0.15, 0.2) is 6.10 Å². The van der Waals surface area contributed by atoms with Gasteiger partial charge in [0.05, 0.1) is 40.3 Å². The number of likely N-dealkylation sites (N-methyl/N-ethyl adjacent to an activating group) is 1. The van der Waals surface area contributed by atoms with Crippen molar-refractivity contribution in [2.45, 2.75) is 212 Å². The Morgan fingerprint density at radius 3 is 1.48 bits per heavy atom. The van der Waals surface area contributed by atoms with E-state index in [1.165, 1.54) is 89.9 Å². The van der Waals surface area contributed by atoms with Gasteiger partial charge in [-0.2, -0.15) is 0 Å². The van der Waals surface area contributed by atoms with E-state index in [0.29, 0.717) is 12.8 Å². The number of unbranched alkanes of at least 4 members (excludes halogenated alkanes) is 20. The summed E-state index contributed by atoms with van der Waals surface area (Å²) in [5.74, 6) is -1.75. The van der Waals surface area contributed by atoms with Crippen LogP contribution in [0.5, 0.6) is 0 Å². The van der Waals surface area contributed by atoms with Gasteiger partial charge >= 0.3 is 11.9 Å². The van der Waals surface area contributed by atoms with E-state index in [1.54, 1.807) is 21.1 Å². The lowest BCUT2D eigenvalue weighted by Gasteiger charge is -2.34. The number of aliphatic carboxylic acids is 1. The Bertz CT molecular complexity index is 1170. The number of carboxylic acid groups (broad SMARTS) is 1. The summed E-state index contributed by atoms with van der Waals surface area (Å²) in [4.78, 5) is 37.0. The molecule has 0 heterocycles. The molecule has 8 heteroatoms. The van der Waals surface area contributed by atoms with Crippen molar-refractivity contribution >= 4 is 17.9 Å². The molecule has 0 bridgehead atoms. The van der Waals surface area contributed by atoms with Gasteiger partial charge in [0.1, 0.15) is 12.6 Å². The lowest BCUT2D eigenvalue weighted by molar-refractivity contribution is -0.889. The zero-order valence-corrected chi connectivity index (χ0v) is 39.4. The number of allylic oxidation sites excluding steroid dienone is 10. The molecular weight excluding hydrogens is 751 g/mol. The normalized spacial score (nSPS) is 13.4. The van der Waals surface area contributed by atoms with Crippen LogP contribution in [0.1, 0.15) is 200 Å². The second-order valence-corrected chi connectivity index (χ2v) is 17.3. The Balaban J connectivity index is 4.26. The second kappa shape index (κ2) is 42.7. The number of rotatable bonds is 43. The number of hydrogen-bond donors (Lipinski definition) is 0. The Morgan fingerprint density at radius 2 is 0.983 bits per heavy atom. The van der Waals surface area contributed by atoms with Crippen molar-refractivity contribution in [1.82, 2.24) is 0 Å². The van der Waals surface area contributed by atoms with E-state index in [0.717, 1.165) is 77.0 Å². The summed E-state index contributed by atoms with van der Waals surface area (Å²) in [5, 5.41) is 11.6. The minimum absolute atomic E-state index is 0.0339. The average Bonchev–Trinajstić information content (AvgIpc) is 3.21. The molecule has 0 aliphatic carbocycles. The van der Waals surface area contributed by atoms with E-state index < -0.39 is 18.1 Å². The minimum Gasteiger partial charge on any atom is -0.544 e. The molecule has 0 aromatic heterocycles. The standard InChI is InChI=1S/C52H91NO7/c1-6-8-10-12-14-16-18-20-22-23-24-25-26-27-29-30-32-34-36-38-40-42-50(54)59-47-48(46-58-45-44-49(52(56)57)53(3,4)5)60-51(55)43-41-39-37-35-33-31-28-21-19-17-15-13-11-9-7-2/h8,10,14-17,19-22,48-49H,6-7,9,11-13,18,23-47H2,1-5H3/b10-8+,16-14+,17-15+,21-19+,22-20+. The van der Waals surface area contributed by atoms with Crippen molar-refractivity contribution in [3.8, 4) is 0 Å². The molecule has 0 aromatic rings. The van der Waals surface area contributed by atoms with Gasteiger partial charge in [-0.15, -0.1) is 0 Å². The number of carboxylic acids is 1. The molecule has 2 unspecified atom stereocenters. The van der Waals surface area contributed by atoms with Crippen LogP contribution in [0.3, 0.4) is 0 Å². The van der Waals surface area contributed by atoms with Gasteiger partial charge < -0.3 is 28.6 Å². The van der Waals surface area contributed by atoms with Crippen LogP contribution >= 0.6 is 0 Å². The summed E-state index contributed by atoms with van der Waals surface area (Å²) in [5.41, 5.74) is 0. The Kier molecular flexibility index (Phi) is 40.6. The van der Waals surface area contributed by atoms with Crippen LogP contribution in [-0.4, -0.2) is 75.5 Å². The highest BCUT2D eigenvalue weighted by Crippen LogP contribution is 2.15. The van der Waals surface area contributed by atoms with E-state index in [1.807, 2.05) is 0 Å². The van der Waals surface area contributed by atoms with Crippen LogP contribution in [-0.2, 0) is 28.6 Å². The predicted octanol–water partition coefficient (Wildman–Crippen LogP) is 12.4. The summed E-state index contributed by atoms with van der Waals surface area (Å²) >= 11 is 0.